The Labute approximate surface area is 153 Å². The van der Waals surface area contributed by atoms with Gasteiger partial charge in [0.1, 0.15) is 0 Å². The highest BCUT2D eigenvalue weighted by molar-refractivity contribution is 7.88. The van der Waals surface area contributed by atoms with Crippen molar-refractivity contribution in [3.8, 4) is 0 Å². The third-order valence-corrected chi connectivity index (χ3v) is 5.15. The molecule has 0 heterocycles. The van der Waals surface area contributed by atoms with Crippen LogP contribution in [0.3, 0.4) is 0 Å². The number of carbonyl (C=O) groups is 2. The van der Waals surface area contributed by atoms with Crippen LogP contribution in [0, 0.1) is 6.92 Å². The first-order valence-corrected chi connectivity index (χ1v) is 9.92. The first-order valence-electron chi connectivity index (χ1n) is 8.07. The fourth-order valence-electron chi connectivity index (χ4n) is 2.44. The molecule has 0 fully saturated rings. The predicted molar refractivity (Wildman–Crippen MR) is 102 cm³/mol. The molecule has 0 bridgehead atoms. The highest BCUT2D eigenvalue weighted by atomic mass is 32.2. The summed E-state index contributed by atoms with van der Waals surface area (Å²) in [6, 6.07) is 14.0. The Bertz CT molecular complexity index is 923. The van der Waals surface area contributed by atoms with Gasteiger partial charge < -0.3 is 5.32 Å². The molecule has 2 aromatic rings. The summed E-state index contributed by atoms with van der Waals surface area (Å²) in [5.41, 5.74) is 2.72. The minimum absolute atomic E-state index is 0.113. The van der Waals surface area contributed by atoms with Crippen molar-refractivity contribution < 1.29 is 18.0 Å². The summed E-state index contributed by atoms with van der Waals surface area (Å²) in [7, 11) is -3.57. The lowest BCUT2D eigenvalue weighted by Gasteiger charge is -2.20. The number of hydrogen-bond acceptors (Lipinski definition) is 4. The summed E-state index contributed by atoms with van der Waals surface area (Å²) in [5, 5.41) is 2.64. The lowest BCUT2D eigenvalue weighted by molar-refractivity contribution is -0.116. The number of nitrogens with zero attached hydrogens (tertiary/aromatic N) is 1. The molecule has 0 aliphatic carbocycles. The van der Waals surface area contributed by atoms with Crippen LogP contribution in [0.25, 0.3) is 0 Å². The van der Waals surface area contributed by atoms with Crippen molar-refractivity contribution in [3.63, 3.8) is 0 Å². The Morgan fingerprint density at radius 3 is 2.38 bits per heavy atom. The van der Waals surface area contributed by atoms with Gasteiger partial charge in [0.25, 0.3) is 0 Å². The summed E-state index contributed by atoms with van der Waals surface area (Å²) in [6.07, 6.45) is 1.08. The molecular weight excluding hydrogens is 352 g/mol. The number of nitrogens with one attached hydrogen (secondary N) is 1. The molecule has 6 nitrogen and oxygen atoms in total. The van der Waals surface area contributed by atoms with Crippen LogP contribution >= 0.6 is 0 Å². The largest absolute Gasteiger partial charge is 0.325 e. The molecule has 0 aliphatic heterocycles. The molecule has 0 saturated heterocycles. The van der Waals surface area contributed by atoms with Crippen molar-refractivity contribution in [1.29, 1.82) is 0 Å². The SMILES string of the molecule is CC(=O)c1cccc(NC(=O)CN(Cc2ccccc2C)S(C)(=O)=O)c1. The van der Waals surface area contributed by atoms with E-state index in [0.717, 1.165) is 21.7 Å². The van der Waals surface area contributed by atoms with Gasteiger partial charge in [-0.25, -0.2) is 8.42 Å². The summed E-state index contributed by atoms with van der Waals surface area (Å²) in [4.78, 5) is 23.8. The highest BCUT2D eigenvalue weighted by Crippen LogP contribution is 2.14. The number of Topliss-reactive ketones (excluding diaryl/α,β-unsaturated/α-hetero) is 1. The van der Waals surface area contributed by atoms with Gasteiger partial charge in [0, 0.05) is 17.8 Å². The van der Waals surface area contributed by atoms with E-state index in [0.29, 0.717) is 11.3 Å². The molecule has 0 spiro atoms. The van der Waals surface area contributed by atoms with E-state index in [1.807, 2.05) is 31.2 Å². The van der Waals surface area contributed by atoms with Gasteiger partial charge >= 0.3 is 0 Å². The Morgan fingerprint density at radius 2 is 1.77 bits per heavy atom. The maximum Gasteiger partial charge on any atom is 0.239 e. The van der Waals surface area contributed by atoms with Crippen LogP contribution in [0.2, 0.25) is 0 Å². The molecule has 2 aromatic carbocycles. The molecule has 0 unspecified atom stereocenters. The van der Waals surface area contributed by atoms with Gasteiger partial charge in [0.05, 0.1) is 12.8 Å². The lowest BCUT2D eigenvalue weighted by Crippen LogP contribution is -2.37. The maximum absolute atomic E-state index is 12.3. The Balaban J connectivity index is 2.13. The van der Waals surface area contributed by atoms with Gasteiger partial charge in [-0.05, 0) is 37.1 Å². The fraction of sp³-hybridized carbons (Fsp3) is 0.263. The van der Waals surface area contributed by atoms with Crippen LogP contribution in [0.15, 0.2) is 48.5 Å². The Hall–Kier alpha value is -2.51. The van der Waals surface area contributed by atoms with Gasteiger partial charge in [-0.15, -0.1) is 0 Å². The van der Waals surface area contributed by atoms with E-state index in [1.165, 1.54) is 6.92 Å². The topological polar surface area (TPSA) is 83.6 Å². The second kappa shape index (κ2) is 8.25. The van der Waals surface area contributed by atoms with Crippen molar-refractivity contribution in [1.82, 2.24) is 4.31 Å². The van der Waals surface area contributed by atoms with E-state index in [1.54, 1.807) is 24.3 Å². The van der Waals surface area contributed by atoms with Gasteiger partial charge in [-0.2, -0.15) is 4.31 Å². The van der Waals surface area contributed by atoms with Crippen LogP contribution < -0.4 is 5.32 Å². The Morgan fingerprint density at radius 1 is 1.08 bits per heavy atom. The van der Waals surface area contributed by atoms with Gasteiger partial charge in [0.2, 0.25) is 15.9 Å². The summed E-state index contributed by atoms with van der Waals surface area (Å²) >= 11 is 0. The molecule has 1 N–H and O–H groups in total. The van der Waals surface area contributed by atoms with Crippen molar-refractivity contribution in [2.24, 2.45) is 0 Å². The maximum atomic E-state index is 12.3. The number of ketones is 1. The number of benzene rings is 2. The number of carbonyl (C=O) groups excluding carboxylic acids is 2. The van der Waals surface area contributed by atoms with Crippen molar-refractivity contribution >= 4 is 27.4 Å². The molecule has 1 amide bonds. The number of hydrogen-bond donors (Lipinski definition) is 1. The van der Waals surface area contributed by atoms with Crippen LogP contribution in [0.5, 0.6) is 0 Å². The average molecular weight is 374 g/mol. The first kappa shape index (κ1) is 19.8. The molecule has 0 radical (unpaired) electrons. The molecule has 0 atom stereocenters. The third-order valence-electron chi connectivity index (χ3n) is 3.95. The number of aryl methyl sites for hydroxylation is 1. The smallest absolute Gasteiger partial charge is 0.239 e. The Kier molecular flexibility index (Phi) is 6.28. The number of anilines is 1. The molecule has 26 heavy (non-hydrogen) atoms. The zero-order chi connectivity index (χ0) is 19.3. The molecule has 0 saturated carbocycles. The molecule has 7 heteroatoms. The van der Waals surface area contributed by atoms with Crippen molar-refractivity contribution in [2.45, 2.75) is 20.4 Å². The molecular formula is C19H22N2O4S. The quantitative estimate of drug-likeness (QED) is 0.755. The molecule has 0 aromatic heterocycles. The van der Waals surface area contributed by atoms with E-state index in [4.69, 9.17) is 0 Å². The summed E-state index contributed by atoms with van der Waals surface area (Å²) < 4.78 is 25.3. The van der Waals surface area contributed by atoms with E-state index < -0.39 is 15.9 Å². The van der Waals surface area contributed by atoms with Crippen molar-refractivity contribution in [2.75, 3.05) is 18.1 Å². The van der Waals surface area contributed by atoms with Crippen LogP contribution in [0.1, 0.15) is 28.4 Å². The molecule has 2 rings (SSSR count). The fourth-order valence-corrected chi connectivity index (χ4v) is 3.17. The second-order valence-corrected chi connectivity index (χ2v) is 8.13. The molecule has 0 aliphatic rings. The third kappa shape index (κ3) is 5.50. The number of rotatable bonds is 7. The van der Waals surface area contributed by atoms with Crippen LogP contribution in [-0.2, 0) is 21.4 Å². The van der Waals surface area contributed by atoms with Crippen LogP contribution in [-0.4, -0.2) is 37.2 Å². The van der Waals surface area contributed by atoms with Crippen LogP contribution in [0.4, 0.5) is 5.69 Å². The summed E-state index contributed by atoms with van der Waals surface area (Å²) in [6.45, 7) is 3.14. The predicted octanol–water partition coefficient (Wildman–Crippen LogP) is 2.60. The van der Waals surface area contributed by atoms with E-state index in [9.17, 15) is 18.0 Å². The minimum atomic E-state index is -3.57. The standard InChI is InChI=1S/C19H22N2O4S/c1-14-7-4-5-8-17(14)12-21(26(3,24)25)13-19(23)20-18-10-6-9-16(11-18)15(2)22/h4-11H,12-13H2,1-3H3,(H,20,23). The minimum Gasteiger partial charge on any atom is -0.325 e. The van der Waals surface area contributed by atoms with E-state index >= 15 is 0 Å². The molecule has 138 valence electrons. The van der Waals surface area contributed by atoms with Crippen molar-refractivity contribution in [3.05, 3.63) is 65.2 Å². The average Bonchev–Trinajstić information content (AvgIpc) is 2.55. The summed E-state index contributed by atoms with van der Waals surface area (Å²) in [5.74, 6) is -0.580. The zero-order valence-electron chi connectivity index (χ0n) is 15.0. The van der Waals surface area contributed by atoms with Gasteiger partial charge in [-0.1, -0.05) is 36.4 Å². The first-order chi connectivity index (χ1) is 12.2. The lowest BCUT2D eigenvalue weighted by atomic mass is 10.1. The van der Waals surface area contributed by atoms with Gasteiger partial charge in [-0.3, -0.25) is 9.59 Å². The zero-order valence-corrected chi connectivity index (χ0v) is 15.8. The van der Waals surface area contributed by atoms with Gasteiger partial charge in [0.15, 0.2) is 5.78 Å². The van der Waals surface area contributed by atoms with E-state index in [-0.39, 0.29) is 18.9 Å². The monoisotopic (exact) mass is 374 g/mol. The highest BCUT2D eigenvalue weighted by Gasteiger charge is 2.21. The second-order valence-electron chi connectivity index (χ2n) is 6.14. The number of sulfonamides is 1. The van der Waals surface area contributed by atoms with E-state index in [2.05, 4.69) is 5.32 Å². The number of amides is 1. The normalized spacial score (nSPS) is 11.4.